The summed E-state index contributed by atoms with van der Waals surface area (Å²) in [5.74, 6) is 0.660. The summed E-state index contributed by atoms with van der Waals surface area (Å²) in [6, 6.07) is 8.67. The molecule has 1 atom stereocenters. The SMILES string of the molecule is CCCOCCC(CNC)Cc1ccccc1C. The number of hydrogen-bond donors (Lipinski definition) is 1. The lowest BCUT2D eigenvalue weighted by Gasteiger charge is -2.17. The van der Waals surface area contributed by atoms with Crippen molar-refractivity contribution in [3.8, 4) is 0 Å². The van der Waals surface area contributed by atoms with Gasteiger partial charge in [-0.2, -0.15) is 0 Å². The molecule has 0 aliphatic heterocycles. The van der Waals surface area contributed by atoms with Gasteiger partial charge in [0.1, 0.15) is 0 Å². The van der Waals surface area contributed by atoms with Crippen LogP contribution in [0.3, 0.4) is 0 Å². The molecule has 0 aliphatic carbocycles. The van der Waals surface area contributed by atoms with Gasteiger partial charge in [0.15, 0.2) is 0 Å². The zero-order valence-electron chi connectivity index (χ0n) is 12.0. The second-order valence-electron chi connectivity index (χ2n) is 4.96. The average Bonchev–Trinajstić information content (AvgIpc) is 2.37. The summed E-state index contributed by atoms with van der Waals surface area (Å²) < 4.78 is 5.60. The summed E-state index contributed by atoms with van der Waals surface area (Å²) in [6.45, 7) is 7.17. The molecule has 0 bridgehead atoms. The quantitative estimate of drug-likeness (QED) is 0.679. The van der Waals surface area contributed by atoms with Crippen molar-refractivity contribution in [2.75, 3.05) is 26.8 Å². The number of nitrogens with one attached hydrogen (secondary N) is 1. The third kappa shape index (κ3) is 5.65. The molecule has 2 nitrogen and oxygen atoms in total. The fourth-order valence-electron chi connectivity index (χ4n) is 2.21. The van der Waals surface area contributed by atoms with Crippen LogP contribution in [-0.4, -0.2) is 26.8 Å². The Labute approximate surface area is 112 Å². The summed E-state index contributed by atoms with van der Waals surface area (Å²) in [7, 11) is 2.03. The second kappa shape index (κ2) is 9.12. The molecule has 1 N–H and O–H groups in total. The molecule has 18 heavy (non-hydrogen) atoms. The van der Waals surface area contributed by atoms with E-state index in [9.17, 15) is 0 Å². The van der Waals surface area contributed by atoms with E-state index in [-0.39, 0.29) is 0 Å². The highest BCUT2D eigenvalue weighted by Crippen LogP contribution is 2.15. The van der Waals surface area contributed by atoms with Gasteiger partial charge in [0, 0.05) is 13.2 Å². The zero-order valence-corrected chi connectivity index (χ0v) is 12.0. The molecule has 0 fully saturated rings. The van der Waals surface area contributed by atoms with E-state index in [0.29, 0.717) is 5.92 Å². The van der Waals surface area contributed by atoms with Gasteiger partial charge in [-0.1, -0.05) is 31.2 Å². The van der Waals surface area contributed by atoms with Crippen LogP contribution in [0.25, 0.3) is 0 Å². The Balaban J connectivity index is 2.44. The first-order valence-electron chi connectivity index (χ1n) is 7.04. The highest BCUT2D eigenvalue weighted by molar-refractivity contribution is 5.25. The molecular weight excluding hydrogens is 222 g/mol. The van der Waals surface area contributed by atoms with Crippen LogP contribution >= 0.6 is 0 Å². The molecule has 0 aromatic heterocycles. The van der Waals surface area contributed by atoms with Crippen molar-refractivity contribution in [1.29, 1.82) is 0 Å². The van der Waals surface area contributed by atoms with Gasteiger partial charge in [0.2, 0.25) is 0 Å². The van der Waals surface area contributed by atoms with Crippen molar-refractivity contribution in [1.82, 2.24) is 5.32 Å². The minimum Gasteiger partial charge on any atom is -0.381 e. The molecule has 0 aliphatic rings. The van der Waals surface area contributed by atoms with Crippen LogP contribution in [0, 0.1) is 12.8 Å². The van der Waals surface area contributed by atoms with E-state index >= 15 is 0 Å². The van der Waals surface area contributed by atoms with Crippen molar-refractivity contribution >= 4 is 0 Å². The van der Waals surface area contributed by atoms with Gasteiger partial charge in [-0.25, -0.2) is 0 Å². The first-order valence-corrected chi connectivity index (χ1v) is 7.04. The first-order chi connectivity index (χ1) is 8.77. The Kier molecular flexibility index (Phi) is 7.70. The standard InChI is InChI=1S/C16H27NO/c1-4-10-18-11-9-15(13-17-3)12-16-8-6-5-7-14(16)2/h5-8,15,17H,4,9-13H2,1-3H3. The van der Waals surface area contributed by atoms with Gasteiger partial charge in [-0.3, -0.25) is 0 Å². The molecule has 1 aromatic rings. The average molecular weight is 249 g/mol. The number of aryl methyl sites for hydroxylation is 1. The highest BCUT2D eigenvalue weighted by Gasteiger charge is 2.10. The molecule has 0 spiro atoms. The number of benzene rings is 1. The van der Waals surface area contributed by atoms with Crippen LogP contribution in [0.1, 0.15) is 30.9 Å². The van der Waals surface area contributed by atoms with Crippen LogP contribution in [-0.2, 0) is 11.2 Å². The topological polar surface area (TPSA) is 21.3 Å². The lowest BCUT2D eigenvalue weighted by atomic mass is 9.94. The first kappa shape index (κ1) is 15.2. The molecule has 0 saturated heterocycles. The maximum absolute atomic E-state index is 5.60. The largest absolute Gasteiger partial charge is 0.381 e. The lowest BCUT2D eigenvalue weighted by molar-refractivity contribution is 0.120. The monoisotopic (exact) mass is 249 g/mol. The zero-order chi connectivity index (χ0) is 13.2. The highest BCUT2D eigenvalue weighted by atomic mass is 16.5. The minimum atomic E-state index is 0.660. The Hall–Kier alpha value is -0.860. The molecule has 2 heteroatoms. The molecule has 1 unspecified atom stereocenters. The van der Waals surface area contributed by atoms with Gasteiger partial charge < -0.3 is 10.1 Å². The van der Waals surface area contributed by atoms with Gasteiger partial charge in [0.25, 0.3) is 0 Å². The predicted octanol–water partition coefficient (Wildman–Crippen LogP) is 3.19. The van der Waals surface area contributed by atoms with Crippen LogP contribution in [0.4, 0.5) is 0 Å². The summed E-state index contributed by atoms with van der Waals surface area (Å²) in [5.41, 5.74) is 2.86. The number of rotatable bonds is 9. The molecule has 102 valence electrons. The van der Waals surface area contributed by atoms with Crippen molar-refractivity contribution in [2.24, 2.45) is 5.92 Å². The Bertz CT molecular complexity index is 325. The van der Waals surface area contributed by atoms with Gasteiger partial charge in [-0.15, -0.1) is 0 Å². The minimum absolute atomic E-state index is 0.660. The fourth-order valence-corrected chi connectivity index (χ4v) is 2.21. The third-order valence-corrected chi connectivity index (χ3v) is 3.28. The number of hydrogen-bond acceptors (Lipinski definition) is 2. The van der Waals surface area contributed by atoms with Crippen molar-refractivity contribution in [3.05, 3.63) is 35.4 Å². The van der Waals surface area contributed by atoms with Gasteiger partial charge in [0.05, 0.1) is 0 Å². The fraction of sp³-hybridized carbons (Fsp3) is 0.625. The number of ether oxygens (including phenoxy) is 1. The summed E-state index contributed by atoms with van der Waals surface area (Å²) >= 11 is 0. The van der Waals surface area contributed by atoms with Crippen LogP contribution < -0.4 is 5.32 Å². The Morgan fingerprint density at radius 3 is 2.67 bits per heavy atom. The second-order valence-corrected chi connectivity index (χ2v) is 4.96. The molecule has 0 heterocycles. The molecule has 1 rings (SSSR count). The van der Waals surface area contributed by atoms with E-state index in [1.54, 1.807) is 0 Å². The molecule has 1 aromatic carbocycles. The maximum Gasteiger partial charge on any atom is 0.0469 e. The lowest BCUT2D eigenvalue weighted by Crippen LogP contribution is -2.22. The summed E-state index contributed by atoms with van der Waals surface area (Å²) in [6.07, 6.45) is 3.38. The van der Waals surface area contributed by atoms with Gasteiger partial charge >= 0.3 is 0 Å². The van der Waals surface area contributed by atoms with E-state index < -0.39 is 0 Å². The molecule has 0 radical (unpaired) electrons. The summed E-state index contributed by atoms with van der Waals surface area (Å²) in [4.78, 5) is 0. The van der Waals surface area contributed by atoms with Crippen molar-refractivity contribution in [2.45, 2.75) is 33.1 Å². The third-order valence-electron chi connectivity index (χ3n) is 3.28. The maximum atomic E-state index is 5.60. The predicted molar refractivity (Wildman–Crippen MR) is 78.0 cm³/mol. The van der Waals surface area contributed by atoms with E-state index in [1.807, 2.05) is 7.05 Å². The van der Waals surface area contributed by atoms with Crippen molar-refractivity contribution in [3.63, 3.8) is 0 Å². The van der Waals surface area contributed by atoms with Crippen LogP contribution in [0.15, 0.2) is 24.3 Å². The van der Waals surface area contributed by atoms with Crippen LogP contribution in [0.5, 0.6) is 0 Å². The van der Waals surface area contributed by atoms with E-state index in [1.165, 1.54) is 11.1 Å². The Morgan fingerprint density at radius 2 is 2.00 bits per heavy atom. The van der Waals surface area contributed by atoms with E-state index in [4.69, 9.17) is 4.74 Å². The van der Waals surface area contributed by atoms with Crippen LogP contribution in [0.2, 0.25) is 0 Å². The van der Waals surface area contributed by atoms with E-state index in [2.05, 4.69) is 43.4 Å². The molecule has 0 amide bonds. The normalized spacial score (nSPS) is 12.6. The van der Waals surface area contributed by atoms with Crippen molar-refractivity contribution < 1.29 is 4.74 Å². The Morgan fingerprint density at radius 1 is 1.22 bits per heavy atom. The van der Waals surface area contributed by atoms with E-state index in [0.717, 1.165) is 39.0 Å². The molecular formula is C16H27NO. The van der Waals surface area contributed by atoms with Gasteiger partial charge in [-0.05, 0) is 56.8 Å². The summed E-state index contributed by atoms with van der Waals surface area (Å²) in [5, 5.41) is 3.29. The molecule has 0 saturated carbocycles. The smallest absolute Gasteiger partial charge is 0.0469 e.